The number of hydrogen-bond acceptors (Lipinski definition) is 4. The monoisotopic (exact) mass is 244 g/mol. The fourth-order valence-electron chi connectivity index (χ4n) is 1.50. The third-order valence-corrected chi connectivity index (χ3v) is 2.52. The maximum absolute atomic E-state index is 5.78. The summed E-state index contributed by atoms with van der Waals surface area (Å²) in [6.45, 7) is 3.88. The van der Waals surface area contributed by atoms with Gasteiger partial charge in [0.2, 0.25) is 0 Å². The molecule has 1 unspecified atom stereocenters. The van der Waals surface area contributed by atoms with E-state index in [-0.39, 0.29) is 12.3 Å². The second-order valence-electron chi connectivity index (χ2n) is 3.54. The Bertz CT molecular complexity index is 343. The minimum atomic E-state index is -0.296. The van der Waals surface area contributed by atoms with Crippen molar-refractivity contribution in [3.63, 3.8) is 0 Å². The quantitative estimate of drug-likeness (QED) is 0.638. The molecule has 0 radical (unpaired) electrons. The van der Waals surface area contributed by atoms with Gasteiger partial charge in [0.15, 0.2) is 6.29 Å². The lowest BCUT2D eigenvalue weighted by Gasteiger charge is -2.23. The summed E-state index contributed by atoms with van der Waals surface area (Å²) in [7, 11) is 3.22. The van der Waals surface area contributed by atoms with Gasteiger partial charge in [-0.05, 0) is 26.0 Å². The molecular formula is C11H17ClN2O2. The highest BCUT2D eigenvalue weighted by Crippen LogP contribution is 2.17. The van der Waals surface area contributed by atoms with Gasteiger partial charge in [-0.2, -0.15) is 0 Å². The van der Waals surface area contributed by atoms with Crippen molar-refractivity contribution in [1.82, 2.24) is 4.98 Å². The molecule has 0 saturated heterocycles. The third kappa shape index (κ3) is 3.33. The Hall–Kier alpha value is -0.840. The molecule has 1 aromatic heterocycles. The molecule has 1 aromatic rings. The fraction of sp³-hybridized carbons (Fsp3) is 0.545. The standard InChI is InChI=1S/C11H17ClN2O2/c1-7-9(5-6-10(12)14-7)13-8(2)11(15-3)16-4/h5-6,8,11,13H,1-4H3. The highest BCUT2D eigenvalue weighted by atomic mass is 35.5. The van der Waals surface area contributed by atoms with Crippen LogP contribution in [0.1, 0.15) is 12.6 Å². The number of methoxy groups -OCH3 is 2. The summed E-state index contributed by atoms with van der Waals surface area (Å²) < 4.78 is 10.3. The molecule has 1 heterocycles. The van der Waals surface area contributed by atoms with E-state index in [0.717, 1.165) is 11.4 Å². The summed E-state index contributed by atoms with van der Waals surface area (Å²) >= 11 is 5.78. The van der Waals surface area contributed by atoms with Crippen molar-refractivity contribution in [2.75, 3.05) is 19.5 Å². The molecule has 0 aromatic carbocycles. The van der Waals surface area contributed by atoms with Gasteiger partial charge in [0.1, 0.15) is 5.15 Å². The first-order valence-corrected chi connectivity index (χ1v) is 5.41. The van der Waals surface area contributed by atoms with Crippen LogP contribution in [0, 0.1) is 6.92 Å². The van der Waals surface area contributed by atoms with E-state index in [0.29, 0.717) is 5.15 Å². The van der Waals surface area contributed by atoms with E-state index in [1.165, 1.54) is 0 Å². The zero-order valence-electron chi connectivity index (χ0n) is 9.95. The van der Waals surface area contributed by atoms with Crippen molar-refractivity contribution < 1.29 is 9.47 Å². The van der Waals surface area contributed by atoms with Gasteiger partial charge in [-0.15, -0.1) is 0 Å². The van der Waals surface area contributed by atoms with Crippen LogP contribution in [-0.2, 0) is 9.47 Å². The molecule has 0 saturated carbocycles. The van der Waals surface area contributed by atoms with Crippen LogP contribution in [0.5, 0.6) is 0 Å². The predicted molar refractivity (Wildman–Crippen MR) is 64.9 cm³/mol. The molecule has 0 bridgehead atoms. The number of pyridine rings is 1. The van der Waals surface area contributed by atoms with Gasteiger partial charge in [0.05, 0.1) is 17.4 Å². The average molecular weight is 245 g/mol. The molecule has 4 nitrogen and oxygen atoms in total. The van der Waals surface area contributed by atoms with Crippen LogP contribution < -0.4 is 5.32 Å². The molecular weight excluding hydrogens is 228 g/mol. The van der Waals surface area contributed by atoms with Crippen molar-refractivity contribution in [3.8, 4) is 0 Å². The Labute approximate surface area is 101 Å². The van der Waals surface area contributed by atoms with Crippen molar-refractivity contribution in [2.24, 2.45) is 0 Å². The zero-order valence-corrected chi connectivity index (χ0v) is 10.7. The lowest BCUT2D eigenvalue weighted by atomic mass is 10.2. The second kappa shape index (κ2) is 6.03. The highest BCUT2D eigenvalue weighted by Gasteiger charge is 2.16. The first-order valence-electron chi connectivity index (χ1n) is 5.03. The fourth-order valence-corrected chi connectivity index (χ4v) is 1.69. The van der Waals surface area contributed by atoms with E-state index in [1.807, 2.05) is 19.9 Å². The van der Waals surface area contributed by atoms with E-state index >= 15 is 0 Å². The van der Waals surface area contributed by atoms with Crippen LogP contribution in [0.2, 0.25) is 5.15 Å². The number of ether oxygens (including phenoxy) is 2. The number of rotatable bonds is 5. The molecule has 0 aliphatic rings. The van der Waals surface area contributed by atoms with E-state index in [1.54, 1.807) is 20.3 Å². The molecule has 1 rings (SSSR count). The number of nitrogens with zero attached hydrogens (tertiary/aromatic N) is 1. The van der Waals surface area contributed by atoms with Crippen molar-refractivity contribution in [2.45, 2.75) is 26.2 Å². The Morgan fingerprint density at radius 2 is 1.94 bits per heavy atom. The Balaban J connectivity index is 2.72. The van der Waals surface area contributed by atoms with Crippen molar-refractivity contribution >= 4 is 17.3 Å². The minimum Gasteiger partial charge on any atom is -0.376 e. The number of aromatic nitrogens is 1. The number of hydrogen-bond donors (Lipinski definition) is 1. The van der Waals surface area contributed by atoms with Crippen LogP contribution >= 0.6 is 11.6 Å². The molecule has 0 aliphatic heterocycles. The average Bonchev–Trinajstić information content (AvgIpc) is 2.24. The molecule has 5 heteroatoms. The molecule has 90 valence electrons. The van der Waals surface area contributed by atoms with Gasteiger partial charge in [0.25, 0.3) is 0 Å². The number of nitrogens with one attached hydrogen (secondary N) is 1. The van der Waals surface area contributed by atoms with Gasteiger partial charge in [-0.25, -0.2) is 4.98 Å². The van der Waals surface area contributed by atoms with Crippen molar-refractivity contribution in [3.05, 3.63) is 23.0 Å². The number of halogens is 1. The van der Waals surface area contributed by atoms with Crippen LogP contribution in [0.4, 0.5) is 5.69 Å². The summed E-state index contributed by atoms with van der Waals surface area (Å²) in [5.41, 5.74) is 1.78. The minimum absolute atomic E-state index is 0.0247. The molecule has 0 fully saturated rings. The van der Waals surface area contributed by atoms with Gasteiger partial charge in [-0.3, -0.25) is 0 Å². The first-order chi connectivity index (χ1) is 7.58. The smallest absolute Gasteiger partial charge is 0.176 e. The highest BCUT2D eigenvalue weighted by molar-refractivity contribution is 6.29. The topological polar surface area (TPSA) is 43.4 Å². The summed E-state index contributed by atoms with van der Waals surface area (Å²) in [4.78, 5) is 4.16. The van der Waals surface area contributed by atoms with Gasteiger partial charge < -0.3 is 14.8 Å². The summed E-state index contributed by atoms with van der Waals surface area (Å²) in [6.07, 6.45) is -0.296. The SMILES string of the molecule is COC(OC)C(C)Nc1ccc(Cl)nc1C. The summed E-state index contributed by atoms with van der Waals surface area (Å²) in [5, 5.41) is 3.76. The Morgan fingerprint density at radius 1 is 1.31 bits per heavy atom. The maximum atomic E-state index is 5.78. The van der Waals surface area contributed by atoms with Gasteiger partial charge in [-0.1, -0.05) is 11.6 Å². The summed E-state index contributed by atoms with van der Waals surface area (Å²) in [5.74, 6) is 0. The lowest BCUT2D eigenvalue weighted by Crippen LogP contribution is -2.34. The van der Waals surface area contributed by atoms with E-state index < -0.39 is 0 Å². The lowest BCUT2D eigenvalue weighted by molar-refractivity contribution is -0.109. The first kappa shape index (κ1) is 13.2. The Morgan fingerprint density at radius 3 is 2.44 bits per heavy atom. The van der Waals surface area contributed by atoms with Gasteiger partial charge in [0, 0.05) is 14.2 Å². The maximum Gasteiger partial charge on any atom is 0.176 e. The molecule has 1 N–H and O–H groups in total. The van der Waals surface area contributed by atoms with Crippen LogP contribution in [0.3, 0.4) is 0 Å². The summed E-state index contributed by atoms with van der Waals surface area (Å²) in [6, 6.07) is 3.67. The van der Waals surface area contributed by atoms with E-state index in [9.17, 15) is 0 Å². The predicted octanol–water partition coefficient (Wildman–Crippen LogP) is 2.46. The molecule has 1 atom stereocenters. The van der Waals surface area contributed by atoms with Crippen molar-refractivity contribution in [1.29, 1.82) is 0 Å². The van der Waals surface area contributed by atoms with Crippen LogP contribution in [0.15, 0.2) is 12.1 Å². The van der Waals surface area contributed by atoms with Crippen LogP contribution in [-0.4, -0.2) is 31.5 Å². The third-order valence-electron chi connectivity index (χ3n) is 2.31. The molecule has 0 aliphatic carbocycles. The Kier molecular flexibility index (Phi) is 4.99. The second-order valence-corrected chi connectivity index (χ2v) is 3.93. The number of aryl methyl sites for hydroxylation is 1. The van der Waals surface area contributed by atoms with Crippen LogP contribution in [0.25, 0.3) is 0 Å². The molecule has 16 heavy (non-hydrogen) atoms. The zero-order chi connectivity index (χ0) is 12.1. The largest absolute Gasteiger partial charge is 0.376 e. The normalized spacial score (nSPS) is 12.9. The van der Waals surface area contributed by atoms with Gasteiger partial charge >= 0.3 is 0 Å². The number of anilines is 1. The van der Waals surface area contributed by atoms with E-state index in [2.05, 4.69) is 10.3 Å². The molecule has 0 amide bonds. The molecule has 0 spiro atoms. The van der Waals surface area contributed by atoms with E-state index in [4.69, 9.17) is 21.1 Å².